The molecule has 5 aliphatic carbocycles. The van der Waals surface area contributed by atoms with Crippen molar-refractivity contribution in [3.8, 4) is 0 Å². The molecule has 5 fully saturated rings. The Kier molecular flexibility index (Phi) is 5.77. The van der Waals surface area contributed by atoms with Crippen molar-refractivity contribution in [2.24, 2.45) is 34.5 Å². The van der Waals surface area contributed by atoms with Crippen LogP contribution in [-0.2, 0) is 10.2 Å². The van der Waals surface area contributed by atoms with Crippen molar-refractivity contribution in [3.05, 3.63) is 29.8 Å². The lowest BCUT2D eigenvalue weighted by Gasteiger charge is -2.57. The highest BCUT2D eigenvalue weighted by Gasteiger charge is 2.56. The van der Waals surface area contributed by atoms with Crippen molar-refractivity contribution in [1.29, 1.82) is 0 Å². The average Bonchev–Trinajstić information content (AvgIpc) is 2.72. The molecule has 0 atom stereocenters. The molecule has 1 aromatic rings. The summed E-state index contributed by atoms with van der Waals surface area (Å²) in [5, 5.41) is 0. The summed E-state index contributed by atoms with van der Waals surface area (Å²) in [5.41, 5.74) is 2.94. The highest BCUT2D eigenvalue weighted by atomic mass is 16.2. The molecule has 1 aromatic carbocycles. The molecule has 2 nitrogen and oxygen atoms in total. The van der Waals surface area contributed by atoms with Gasteiger partial charge in [0, 0.05) is 11.7 Å². The van der Waals surface area contributed by atoms with Gasteiger partial charge in [-0.3, -0.25) is 4.79 Å². The van der Waals surface area contributed by atoms with E-state index >= 15 is 0 Å². The maximum absolute atomic E-state index is 14.6. The van der Waals surface area contributed by atoms with E-state index in [1.165, 1.54) is 37.7 Å². The minimum atomic E-state index is -0.0711. The van der Waals surface area contributed by atoms with Gasteiger partial charge in [0.25, 0.3) is 0 Å². The number of carbonyl (C=O) groups excluding carboxylic acids is 1. The second-order valence-electron chi connectivity index (χ2n) is 14.5. The standard InChI is InChI=1S/C31H47NO/c1-29(2,3)24-7-11-26(12-8-24)32(27-13-9-25(10-14-27)30(4,5)6)28(33)31-18-21-15-22(19-31)17-23(16-21)20-31/h7-8,11-12,21-23,25,27H,9-10,13-20H2,1-6H3. The molecule has 0 spiro atoms. The summed E-state index contributed by atoms with van der Waals surface area (Å²) in [6, 6.07) is 9.43. The Morgan fingerprint density at radius 2 is 1.27 bits per heavy atom. The molecule has 0 aliphatic heterocycles. The lowest BCUT2D eigenvalue weighted by Crippen LogP contribution is -2.57. The highest BCUT2D eigenvalue weighted by Crippen LogP contribution is 2.61. The Morgan fingerprint density at radius 1 is 0.788 bits per heavy atom. The number of anilines is 1. The minimum Gasteiger partial charge on any atom is -0.309 e. The maximum atomic E-state index is 14.6. The summed E-state index contributed by atoms with van der Waals surface area (Å²) in [5.74, 6) is 3.68. The molecule has 6 rings (SSSR count). The number of amides is 1. The summed E-state index contributed by atoms with van der Waals surface area (Å²) in [6.07, 6.45) is 12.5. The SMILES string of the molecule is CC(C)(C)c1ccc(N(C(=O)C23CC4CC(CC(C4)C2)C3)C2CCC(C(C)(C)C)CC2)cc1. The molecule has 0 radical (unpaired) electrons. The van der Waals surface area contributed by atoms with Crippen LogP contribution >= 0.6 is 0 Å². The summed E-state index contributed by atoms with van der Waals surface area (Å²) in [7, 11) is 0. The Hall–Kier alpha value is -1.31. The third-order valence-electron chi connectivity index (χ3n) is 10.0. The second kappa shape index (κ2) is 8.13. The molecule has 0 heterocycles. The van der Waals surface area contributed by atoms with Crippen molar-refractivity contribution in [1.82, 2.24) is 0 Å². The first-order valence-electron chi connectivity index (χ1n) is 13.9. The summed E-state index contributed by atoms with van der Waals surface area (Å²) >= 11 is 0. The van der Waals surface area contributed by atoms with Gasteiger partial charge < -0.3 is 4.90 Å². The first kappa shape index (κ1) is 23.4. The van der Waals surface area contributed by atoms with Crippen LogP contribution in [-0.4, -0.2) is 11.9 Å². The van der Waals surface area contributed by atoms with Crippen LogP contribution in [0.25, 0.3) is 0 Å². The number of rotatable bonds is 3. The molecule has 0 saturated heterocycles. The Bertz CT molecular complexity index is 824. The molecule has 0 unspecified atom stereocenters. The van der Waals surface area contributed by atoms with E-state index in [4.69, 9.17) is 0 Å². The molecule has 4 bridgehead atoms. The van der Waals surface area contributed by atoms with Gasteiger partial charge in [0.1, 0.15) is 0 Å². The summed E-state index contributed by atoms with van der Waals surface area (Å²) in [6.45, 7) is 14.0. The van der Waals surface area contributed by atoms with Gasteiger partial charge in [0.2, 0.25) is 5.91 Å². The van der Waals surface area contributed by atoms with Crippen molar-refractivity contribution in [2.75, 3.05) is 4.90 Å². The quantitative estimate of drug-likeness (QED) is 0.456. The van der Waals surface area contributed by atoms with Crippen LogP contribution in [0.2, 0.25) is 0 Å². The lowest BCUT2D eigenvalue weighted by molar-refractivity contribution is -0.144. The zero-order chi connectivity index (χ0) is 23.6. The van der Waals surface area contributed by atoms with Crippen LogP contribution in [0.3, 0.4) is 0 Å². The fraction of sp³-hybridized carbons (Fsp3) is 0.774. The predicted octanol–water partition coefficient (Wildman–Crippen LogP) is 8.14. The molecular weight excluding hydrogens is 402 g/mol. The maximum Gasteiger partial charge on any atom is 0.233 e. The number of benzene rings is 1. The van der Waals surface area contributed by atoms with Gasteiger partial charge >= 0.3 is 0 Å². The molecule has 2 heteroatoms. The molecule has 0 aromatic heterocycles. The van der Waals surface area contributed by atoms with Crippen LogP contribution in [0.5, 0.6) is 0 Å². The molecule has 1 amide bonds. The van der Waals surface area contributed by atoms with Gasteiger partial charge in [-0.15, -0.1) is 0 Å². The van der Waals surface area contributed by atoms with E-state index in [2.05, 4.69) is 70.7 Å². The first-order valence-corrected chi connectivity index (χ1v) is 13.9. The van der Waals surface area contributed by atoms with Gasteiger partial charge in [-0.2, -0.15) is 0 Å². The van der Waals surface area contributed by atoms with Gasteiger partial charge in [-0.25, -0.2) is 0 Å². The van der Waals surface area contributed by atoms with Crippen LogP contribution in [0.4, 0.5) is 5.69 Å². The zero-order valence-corrected chi connectivity index (χ0v) is 22.1. The van der Waals surface area contributed by atoms with Crippen molar-refractivity contribution in [3.63, 3.8) is 0 Å². The van der Waals surface area contributed by atoms with Crippen molar-refractivity contribution in [2.45, 2.75) is 117 Å². The predicted molar refractivity (Wildman–Crippen MR) is 138 cm³/mol. The van der Waals surface area contributed by atoms with E-state index in [0.29, 0.717) is 17.4 Å². The normalized spacial score (nSPS) is 36.1. The molecular formula is C31H47NO. The van der Waals surface area contributed by atoms with Gasteiger partial charge in [-0.05, 0) is 116 Å². The Balaban J connectivity index is 1.45. The van der Waals surface area contributed by atoms with Crippen LogP contribution in [0.15, 0.2) is 24.3 Å². The second-order valence-corrected chi connectivity index (χ2v) is 14.5. The smallest absolute Gasteiger partial charge is 0.233 e. The fourth-order valence-corrected chi connectivity index (χ4v) is 8.44. The summed E-state index contributed by atoms with van der Waals surface area (Å²) < 4.78 is 0. The van der Waals surface area contributed by atoms with Crippen molar-refractivity contribution < 1.29 is 4.79 Å². The van der Waals surface area contributed by atoms with Gasteiger partial charge in [0.05, 0.1) is 5.41 Å². The fourth-order valence-electron chi connectivity index (χ4n) is 8.44. The summed E-state index contributed by atoms with van der Waals surface area (Å²) in [4.78, 5) is 16.9. The van der Waals surface area contributed by atoms with E-state index in [9.17, 15) is 4.79 Å². The van der Waals surface area contributed by atoms with E-state index in [1.54, 1.807) is 0 Å². The van der Waals surface area contributed by atoms with E-state index in [-0.39, 0.29) is 10.8 Å². The van der Waals surface area contributed by atoms with Gasteiger partial charge in [0.15, 0.2) is 0 Å². The number of carbonyl (C=O) groups is 1. The largest absolute Gasteiger partial charge is 0.309 e. The minimum absolute atomic E-state index is 0.0711. The van der Waals surface area contributed by atoms with Gasteiger partial charge in [-0.1, -0.05) is 53.7 Å². The number of hydrogen-bond acceptors (Lipinski definition) is 1. The zero-order valence-electron chi connectivity index (χ0n) is 22.1. The molecule has 182 valence electrons. The van der Waals surface area contributed by atoms with E-state index in [0.717, 1.165) is 61.5 Å². The third kappa shape index (κ3) is 4.41. The molecule has 33 heavy (non-hydrogen) atoms. The van der Waals surface area contributed by atoms with Crippen LogP contribution in [0.1, 0.15) is 111 Å². The van der Waals surface area contributed by atoms with E-state index < -0.39 is 0 Å². The topological polar surface area (TPSA) is 20.3 Å². The Morgan fingerprint density at radius 3 is 1.70 bits per heavy atom. The first-order chi connectivity index (χ1) is 15.4. The van der Waals surface area contributed by atoms with Crippen LogP contribution < -0.4 is 4.90 Å². The van der Waals surface area contributed by atoms with Crippen LogP contribution in [0, 0.1) is 34.5 Å². The van der Waals surface area contributed by atoms with Crippen molar-refractivity contribution >= 4 is 11.6 Å². The third-order valence-corrected chi connectivity index (χ3v) is 10.0. The Labute approximate surface area is 202 Å². The molecule has 0 N–H and O–H groups in total. The number of hydrogen-bond donors (Lipinski definition) is 0. The molecule has 5 saturated carbocycles. The monoisotopic (exact) mass is 449 g/mol. The highest BCUT2D eigenvalue weighted by molar-refractivity contribution is 5.98. The molecule has 5 aliphatic rings. The van der Waals surface area contributed by atoms with E-state index in [1.807, 2.05) is 0 Å². The number of nitrogens with zero attached hydrogens (tertiary/aromatic N) is 1. The lowest BCUT2D eigenvalue weighted by atomic mass is 9.49. The average molecular weight is 450 g/mol.